The minimum absolute atomic E-state index is 0.190. The summed E-state index contributed by atoms with van der Waals surface area (Å²) in [7, 11) is -2.25. The molecule has 0 saturated carbocycles. The van der Waals surface area contributed by atoms with Gasteiger partial charge < -0.3 is 10.2 Å². The Labute approximate surface area is 168 Å². The van der Waals surface area contributed by atoms with Crippen molar-refractivity contribution in [3.8, 4) is 0 Å². The van der Waals surface area contributed by atoms with Crippen molar-refractivity contribution in [3.05, 3.63) is 60.2 Å². The van der Waals surface area contributed by atoms with E-state index in [1.807, 2.05) is 25.1 Å². The maximum Gasteiger partial charge on any atom is 0.243 e. The molecule has 0 radical (unpaired) electrons. The second kappa shape index (κ2) is 10.2. The van der Waals surface area contributed by atoms with Gasteiger partial charge in [-0.3, -0.25) is 4.79 Å². The molecule has 0 unspecified atom stereocenters. The first-order valence-corrected chi connectivity index (χ1v) is 10.9. The molecule has 0 aliphatic carbocycles. The number of benzene rings is 2. The van der Waals surface area contributed by atoms with Gasteiger partial charge in [-0.1, -0.05) is 35.9 Å². The van der Waals surface area contributed by atoms with Crippen LogP contribution >= 0.6 is 0 Å². The first-order valence-electron chi connectivity index (χ1n) is 9.44. The zero-order valence-corrected chi connectivity index (χ0v) is 17.6. The summed E-state index contributed by atoms with van der Waals surface area (Å²) in [5.74, 6) is -0.305. The molecule has 28 heavy (non-hydrogen) atoms. The minimum atomic E-state index is -3.67. The highest BCUT2D eigenvalue weighted by molar-refractivity contribution is 7.89. The number of carbonyl (C=O) groups is 1. The van der Waals surface area contributed by atoms with Crippen molar-refractivity contribution < 1.29 is 13.2 Å². The molecule has 1 amide bonds. The summed E-state index contributed by atoms with van der Waals surface area (Å²) >= 11 is 0. The molecular weight excluding hydrogens is 374 g/mol. The van der Waals surface area contributed by atoms with E-state index in [1.165, 1.54) is 7.05 Å². The minimum Gasteiger partial charge on any atom is -0.372 e. The fourth-order valence-electron chi connectivity index (χ4n) is 2.84. The number of sulfonamides is 1. The second-order valence-electron chi connectivity index (χ2n) is 6.69. The monoisotopic (exact) mass is 403 g/mol. The Kier molecular flexibility index (Phi) is 8.02. The average molecular weight is 404 g/mol. The molecule has 1 N–H and O–H groups in total. The van der Waals surface area contributed by atoms with E-state index >= 15 is 0 Å². The zero-order chi connectivity index (χ0) is 20.6. The lowest BCUT2D eigenvalue weighted by atomic mass is 10.2. The van der Waals surface area contributed by atoms with Gasteiger partial charge in [0, 0.05) is 32.4 Å². The summed E-state index contributed by atoms with van der Waals surface area (Å²) in [6, 6.07) is 16.7. The van der Waals surface area contributed by atoms with Gasteiger partial charge in [0.05, 0.1) is 11.4 Å². The van der Waals surface area contributed by atoms with Crippen LogP contribution in [0.2, 0.25) is 0 Å². The van der Waals surface area contributed by atoms with E-state index in [0.29, 0.717) is 6.54 Å². The zero-order valence-electron chi connectivity index (χ0n) is 16.8. The van der Waals surface area contributed by atoms with Crippen LogP contribution in [0, 0.1) is 6.92 Å². The largest absolute Gasteiger partial charge is 0.372 e. The van der Waals surface area contributed by atoms with E-state index in [0.717, 1.165) is 35.1 Å². The third-order valence-corrected chi connectivity index (χ3v) is 6.34. The number of hydrogen-bond donors (Lipinski definition) is 1. The predicted octanol–water partition coefficient (Wildman–Crippen LogP) is 2.65. The molecule has 7 heteroatoms. The van der Waals surface area contributed by atoms with Gasteiger partial charge in [0.15, 0.2) is 0 Å². The molecule has 0 aliphatic heterocycles. The smallest absolute Gasteiger partial charge is 0.243 e. The van der Waals surface area contributed by atoms with E-state index in [2.05, 4.69) is 29.3 Å². The molecule has 0 bridgehead atoms. The molecule has 6 nitrogen and oxygen atoms in total. The van der Waals surface area contributed by atoms with Crippen molar-refractivity contribution in [2.75, 3.05) is 38.1 Å². The Morgan fingerprint density at radius 2 is 1.68 bits per heavy atom. The molecule has 2 rings (SSSR count). The Bertz CT molecular complexity index is 852. The maximum absolute atomic E-state index is 12.5. The van der Waals surface area contributed by atoms with Crippen LogP contribution in [0.15, 0.2) is 59.5 Å². The summed E-state index contributed by atoms with van der Waals surface area (Å²) in [5, 5.41) is 2.81. The van der Waals surface area contributed by atoms with Gasteiger partial charge in [-0.05, 0) is 44.5 Å². The van der Waals surface area contributed by atoms with Gasteiger partial charge >= 0.3 is 0 Å². The summed E-state index contributed by atoms with van der Waals surface area (Å²) in [4.78, 5) is 14.6. The first-order chi connectivity index (χ1) is 13.3. The number of aryl methyl sites for hydroxylation is 1. The molecule has 0 saturated heterocycles. The highest BCUT2D eigenvalue weighted by Gasteiger charge is 2.22. The number of hydrogen-bond acceptors (Lipinski definition) is 4. The van der Waals surface area contributed by atoms with Gasteiger partial charge in [-0.15, -0.1) is 0 Å². The SMILES string of the molecule is CCN(CCCNC(=O)CN(C)S(=O)(=O)c1ccc(C)cc1)c1ccccc1. The van der Waals surface area contributed by atoms with Gasteiger partial charge in [0.1, 0.15) is 0 Å². The highest BCUT2D eigenvalue weighted by Crippen LogP contribution is 2.15. The Balaban J connectivity index is 1.79. The van der Waals surface area contributed by atoms with Gasteiger partial charge in [0.25, 0.3) is 0 Å². The summed E-state index contributed by atoms with van der Waals surface area (Å²) in [6.45, 7) is 5.99. The average Bonchev–Trinajstić information content (AvgIpc) is 2.69. The number of para-hydroxylation sites is 1. The normalized spacial score (nSPS) is 11.4. The van der Waals surface area contributed by atoms with Crippen molar-refractivity contribution >= 4 is 21.6 Å². The highest BCUT2D eigenvalue weighted by atomic mass is 32.2. The molecule has 2 aromatic carbocycles. The molecule has 0 aliphatic rings. The maximum atomic E-state index is 12.5. The van der Waals surface area contributed by atoms with Crippen LogP contribution in [0.25, 0.3) is 0 Å². The Hall–Kier alpha value is -2.38. The Morgan fingerprint density at radius 3 is 2.29 bits per heavy atom. The third-order valence-electron chi connectivity index (χ3n) is 4.53. The number of amides is 1. The van der Waals surface area contributed by atoms with Gasteiger partial charge in [-0.25, -0.2) is 8.42 Å². The number of anilines is 1. The Morgan fingerprint density at radius 1 is 1.04 bits per heavy atom. The van der Waals surface area contributed by atoms with Crippen molar-refractivity contribution in [1.82, 2.24) is 9.62 Å². The van der Waals surface area contributed by atoms with E-state index < -0.39 is 10.0 Å². The first kappa shape index (κ1) is 21.9. The summed E-state index contributed by atoms with van der Waals surface area (Å²) < 4.78 is 26.1. The van der Waals surface area contributed by atoms with Crippen molar-refractivity contribution in [2.24, 2.45) is 0 Å². The number of carbonyl (C=O) groups excluding carboxylic acids is 1. The topological polar surface area (TPSA) is 69.7 Å². The van der Waals surface area contributed by atoms with Gasteiger partial charge in [-0.2, -0.15) is 4.31 Å². The van der Waals surface area contributed by atoms with Crippen LogP contribution in [0.1, 0.15) is 18.9 Å². The molecule has 0 spiro atoms. The molecule has 152 valence electrons. The second-order valence-corrected chi connectivity index (χ2v) is 8.74. The fraction of sp³-hybridized carbons (Fsp3) is 0.381. The fourth-order valence-corrected chi connectivity index (χ4v) is 3.97. The summed E-state index contributed by atoms with van der Waals surface area (Å²) in [5.41, 5.74) is 2.14. The van der Waals surface area contributed by atoms with Crippen molar-refractivity contribution in [2.45, 2.75) is 25.2 Å². The van der Waals surface area contributed by atoms with Crippen LogP contribution < -0.4 is 10.2 Å². The van der Waals surface area contributed by atoms with Crippen LogP contribution in [-0.4, -0.2) is 51.9 Å². The van der Waals surface area contributed by atoms with Crippen LogP contribution in [-0.2, 0) is 14.8 Å². The molecule has 0 atom stereocenters. The lowest BCUT2D eigenvalue weighted by molar-refractivity contribution is -0.121. The van der Waals surface area contributed by atoms with E-state index in [4.69, 9.17) is 0 Å². The summed E-state index contributed by atoms with van der Waals surface area (Å²) in [6.07, 6.45) is 0.781. The van der Waals surface area contributed by atoms with Crippen molar-refractivity contribution in [1.29, 1.82) is 0 Å². The standard InChI is InChI=1S/C21H29N3O3S/c1-4-24(19-9-6-5-7-10-19)16-8-15-22-21(25)17-23(3)28(26,27)20-13-11-18(2)12-14-20/h5-7,9-14H,4,8,15-17H2,1-3H3,(H,22,25). The molecular formula is C21H29N3O3S. The molecule has 0 fully saturated rings. The number of likely N-dealkylation sites (N-methyl/N-ethyl adjacent to an activating group) is 1. The van der Waals surface area contributed by atoms with E-state index in [9.17, 15) is 13.2 Å². The molecule has 2 aromatic rings. The molecule has 0 heterocycles. The molecule has 0 aromatic heterocycles. The predicted molar refractivity (Wildman–Crippen MR) is 113 cm³/mol. The van der Waals surface area contributed by atoms with E-state index in [1.54, 1.807) is 24.3 Å². The number of nitrogens with zero attached hydrogens (tertiary/aromatic N) is 2. The quantitative estimate of drug-likeness (QED) is 0.619. The lowest BCUT2D eigenvalue weighted by Gasteiger charge is -2.23. The number of rotatable bonds is 10. The van der Waals surface area contributed by atoms with Crippen LogP contribution in [0.4, 0.5) is 5.69 Å². The lowest BCUT2D eigenvalue weighted by Crippen LogP contribution is -2.39. The number of nitrogens with one attached hydrogen (secondary N) is 1. The van der Waals surface area contributed by atoms with Gasteiger partial charge in [0.2, 0.25) is 15.9 Å². The third kappa shape index (κ3) is 6.07. The van der Waals surface area contributed by atoms with E-state index in [-0.39, 0.29) is 17.3 Å². The van der Waals surface area contributed by atoms with Crippen LogP contribution in [0.5, 0.6) is 0 Å². The van der Waals surface area contributed by atoms with Crippen LogP contribution in [0.3, 0.4) is 0 Å². The van der Waals surface area contributed by atoms with Crippen molar-refractivity contribution in [3.63, 3.8) is 0 Å².